The standard InChI is InChI=1S/C12H17N3OS/c13-9-3-5-10(6-4-9)15-12(16)14-8-11-2-1-7-17-11/h3-6,11H,1-2,7-8,13H2,(H2,14,15,16). The third kappa shape index (κ3) is 3.85. The molecule has 5 heteroatoms. The minimum Gasteiger partial charge on any atom is -0.399 e. The molecule has 1 aromatic carbocycles. The van der Waals surface area contributed by atoms with Crippen molar-refractivity contribution in [3.05, 3.63) is 24.3 Å². The summed E-state index contributed by atoms with van der Waals surface area (Å²) in [4.78, 5) is 11.6. The van der Waals surface area contributed by atoms with E-state index in [-0.39, 0.29) is 6.03 Å². The Balaban J connectivity index is 1.74. The highest BCUT2D eigenvalue weighted by Gasteiger charge is 2.15. The van der Waals surface area contributed by atoms with Gasteiger partial charge in [-0.25, -0.2) is 4.79 Å². The molecule has 1 aliphatic heterocycles. The van der Waals surface area contributed by atoms with Crippen LogP contribution in [0.25, 0.3) is 0 Å². The fraction of sp³-hybridized carbons (Fsp3) is 0.417. The van der Waals surface area contributed by atoms with Crippen molar-refractivity contribution in [1.82, 2.24) is 5.32 Å². The second-order valence-electron chi connectivity index (χ2n) is 4.09. The molecule has 1 heterocycles. The lowest BCUT2D eigenvalue weighted by Crippen LogP contribution is -2.33. The summed E-state index contributed by atoms with van der Waals surface area (Å²) >= 11 is 1.93. The smallest absolute Gasteiger partial charge is 0.319 e. The molecule has 17 heavy (non-hydrogen) atoms. The molecule has 4 N–H and O–H groups in total. The number of hydrogen-bond donors (Lipinski definition) is 3. The second-order valence-corrected chi connectivity index (χ2v) is 5.50. The number of carbonyl (C=O) groups excluding carboxylic acids is 1. The molecule has 1 saturated heterocycles. The van der Waals surface area contributed by atoms with Crippen LogP contribution < -0.4 is 16.4 Å². The van der Waals surface area contributed by atoms with Crippen molar-refractivity contribution in [2.24, 2.45) is 0 Å². The van der Waals surface area contributed by atoms with E-state index in [1.807, 2.05) is 11.8 Å². The first kappa shape index (κ1) is 12.1. The van der Waals surface area contributed by atoms with Gasteiger partial charge in [0.2, 0.25) is 0 Å². The molecule has 92 valence electrons. The van der Waals surface area contributed by atoms with Crippen LogP contribution in [-0.4, -0.2) is 23.6 Å². The molecule has 2 amide bonds. The molecule has 0 aliphatic carbocycles. The molecule has 0 bridgehead atoms. The molecule has 1 atom stereocenters. The zero-order valence-electron chi connectivity index (χ0n) is 9.61. The van der Waals surface area contributed by atoms with E-state index < -0.39 is 0 Å². The van der Waals surface area contributed by atoms with Crippen LogP contribution in [0.2, 0.25) is 0 Å². The predicted molar refractivity (Wildman–Crippen MR) is 73.4 cm³/mol. The van der Waals surface area contributed by atoms with E-state index >= 15 is 0 Å². The Morgan fingerprint density at radius 3 is 2.82 bits per heavy atom. The van der Waals surface area contributed by atoms with E-state index in [2.05, 4.69) is 10.6 Å². The lowest BCUT2D eigenvalue weighted by Gasteiger charge is -2.11. The number of hydrogen-bond acceptors (Lipinski definition) is 3. The predicted octanol–water partition coefficient (Wildman–Crippen LogP) is 2.29. The van der Waals surface area contributed by atoms with E-state index in [4.69, 9.17) is 5.73 Å². The largest absolute Gasteiger partial charge is 0.399 e. The van der Waals surface area contributed by atoms with Gasteiger partial charge in [-0.2, -0.15) is 11.8 Å². The number of nitrogen functional groups attached to an aromatic ring is 1. The van der Waals surface area contributed by atoms with Crippen LogP contribution in [0.3, 0.4) is 0 Å². The van der Waals surface area contributed by atoms with E-state index in [1.54, 1.807) is 24.3 Å². The Morgan fingerprint density at radius 1 is 1.41 bits per heavy atom. The van der Waals surface area contributed by atoms with E-state index in [9.17, 15) is 4.79 Å². The molecule has 1 fully saturated rings. The van der Waals surface area contributed by atoms with Crippen LogP contribution in [-0.2, 0) is 0 Å². The monoisotopic (exact) mass is 251 g/mol. The van der Waals surface area contributed by atoms with Crippen LogP contribution in [0.4, 0.5) is 16.2 Å². The molecule has 1 aromatic rings. The summed E-state index contributed by atoms with van der Waals surface area (Å²) in [5, 5.41) is 6.24. The van der Waals surface area contributed by atoms with E-state index in [0.717, 1.165) is 12.2 Å². The van der Waals surface area contributed by atoms with Crippen LogP contribution in [0.1, 0.15) is 12.8 Å². The topological polar surface area (TPSA) is 67.1 Å². The van der Waals surface area contributed by atoms with Crippen molar-refractivity contribution < 1.29 is 4.79 Å². The third-order valence-corrected chi connectivity index (χ3v) is 4.08. The average molecular weight is 251 g/mol. The SMILES string of the molecule is Nc1ccc(NC(=O)NCC2CCCS2)cc1. The highest BCUT2D eigenvalue weighted by molar-refractivity contribution is 8.00. The average Bonchev–Trinajstić information content (AvgIpc) is 2.83. The molecule has 2 rings (SSSR count). The maximum Gasteiger partial charge on any atom is 0.319 e. The number of carbonyl (C=O) groups is 1. The Hall–Kier alpha value is -1.36. The molecular formula is C12H17N3OS. The van der Waals surface area contributed by atoms with Crippen LogP contribution in [0.15, 0.2) is 24.3 Å². The van der Waals surface area contributed by atoms with Gasteiger partial charge < -0.3 is 16.4 Å². The van der Waals surface area contributed by atoms with E-state index in [0.29, 0.717) is 10.9 Å². The molecule has 0 aromatic heterocycles. The molecule has 1 unspecified atom stereocenters. The lowest BCUT2D eigenvalue weighted by molar-refractivity contribution is 0.252. The summed E-state index contributed by atoms with van der Waals surface area (Å²) in [6, 6.07) is 6.96. The summed E-state index contributed by atoms with van der Waals surface area (Å²) < 4.78 is 0. The van der Waals surface area contributed by atoms with Gasteiger partial charge in [-0.1, -0.05) is 0 Å². The zero-order valence-corrected chi connectivity index (χ0v) is 10.4. The molecular weight excluding hydrogens is 234 g/mol. The van der Waals surface area contributed by atoms with Gasteiger partial charge in [0, 0.05) is 23.2 Å². The number of urea groups is 1. The fourth-order valence-electron chi connectivity index (χ4n) is 1.75. The van der Waals surface area contributed by atoms with Gasteiger partial charge in [0.1, 0.15) is 0 Å². The van der Waals surface area contributed by atoms with Gasteiger partial charge in [0.05, 0.1) is 0 Å². The maximum absolute atomic E-state index is 11.6. The fourth-order valence-corrected chi connectivity index (χ4v) is 2.95. The summed E-state index contributed by atoms with van der Waals surface area (Å²) in [6.45, 7) is 0.742. The quantitative estimate of drug-likeness (QED) is 0.722. The lowest BCUT2D eigenvalue weighted by atomic mass is 10.2. The van der Waals surface area contributed by atoms with Crippen LogP contribution >= 0.6 is 11.8 Å². The summed E-state index contributed by atoms with van der Waals surface area (Å²) in [7, 11) is 0. The molecule has 0 spiro atoms. The Kier molecular flexibility index (Phi) is 4.14. The van der Waals surface area contributed by atoms with Crippen molar-refractivity contribution in [1.29, 1.82) is 0 Å². The van der Waals surface area contributed by atoms with Gasteiger partial charge in [-0.05, 0) is 42.9 Å². The summed E-state index contributed by atoms with van der Waals surface area (Å²) in [5.41, 5.74) is 7.02. The summed E-state index contributed by atoms with van der Waals surface area (Å²) in [5.74, 6) is 1.21. The zero-order chi connectivity index (χ0) is 12.1. The maximum atomic E-state index is 11.6. The van der Waals surface area contributed by atoms with Gasteiger partial charge in [-0.15, -0.1) is 0 Å². The first-order valence-electron chi connectivity index (χ1n) is 5.76. The number of nitrogens with one attached hydrogen (secondary N) is 2. The van der Waals surface area contributed by atoms with Gasteiger partial charge in [0.15, 0.2) is 0 Å². The number of nitrogens with two attached hydrogens (primary N) is 1. The minimum atomic E-state index is -0.151. The van der Waals surface area contributed by atoms with Crippen LogP contribution in [0, 0.1) is 0 Å². The molecule has 0 saturated carbocycles. The summed E-state index contributed by atoms with van der Waals surface area (Å²) in [6.07, 6.45) is 2.46. The minimum absolute atomic E-state index is 0.151. The Bertz CT molecular complexity index is 374. The third-order valence-electron chi connectivity index (χ3n) is 2.68. The normalized spacial score (nSPS) is 18.9. The van der Waals surface area contributed by atoms with Gasteiger partial charge >= 0.3 is 6.03 Å². The number of anilines is 2. The number of rotatable bonds is 3. The Morgan fingerprint density at radius 2 is 2.18 bits per heavy atom. The molecule has 1 aliphatic rings. The van der Waals surface area contributed by atoms with Gasteiger partial charge in [0.25, 0.3) is 0 Å². The van der Waals surface area contributed by atoms with Crippen LogP contribution in [0.5, 0.6) is 0 Å². The van der Waals surface area contributed by atoms with Crippen molar-refractivity contribution in [2.75, 3.05) is 23.3 Å². The van der Waals surface area contributed by atoms with Crippen molar-refractivity contribution >= 4 is 29.2 Å². The number of amides is 2. The Labute approximate surface area is 105 Å². The van der Waals surface area contributed by atoms with Crippen molar-refractivity contribution in [2.45, 2.75) is 18.1 Å². The van der Waals surface area contributed by atoms with Crippen molar-refractivity contribution in [3.8, 4) is 0 Å². The van der Waals surface area contributed by atoms with E-state index in [1.165, 1.54) is 18.6 Å². The number of thioether (sulfide) groups is 1. The second kappa shape index (κ2) is 5.82. The first-order valence-corrected chi connectivity index (χ1v) is 6.81. The number of benzene rings is 1. The van der Waals surface area contributed by atoms with Gasteiger partial charge in [-0.3, -0.25) is 0 Å². The molecule has 4 nitrogen and oxygen atoms in total. The highest BCUT2D eigenvalue weighted by Crippen LogP contribution is 2.25. The highest BCUT2D eigenvalue weighted by atomic mass is 32.2. The molecule has 0 radical (unpaired) electrons. The van der Waals surface area contributed by atoms with Crippen molar-refractivity contribution in [3.63, 3.8) is 0 Å². The first-order chi connectivity index (χ1) is 8.24.